The fourth-order valence-corrected chi connectivity index (χ4v) is 2.27. The van der Waals surface area contributed by atoms with Crippen molar-refractivity contribution in [3.05, 3.63) is 28.2 Å². The van der Waals surface area contributed by atoms with Crippen LogP contribution >= 0.6 is 15.9 Å². The highest BCUT2D eigenvalue weighted by atomic mass is 79.9. The van der Waals surface area contributed by atoms with Gasteiger partial charge in [-0.05, 0) is 43.0 Å². The van der Waals surface area contributed by atoms with Crippen LogP contribution in [0, 0.1) is 12.8 Å². The fourth-order valence-electron chi connectivity index (χ4n) is 1.66. The van der Waals surface area contributed by atoms with Gasteiger partial charge >= 0.3 is 0 Å². The number of nitrogens with one attached hydrogen (secondary N) is 1. The zero-order valence-electron chi connectivity index (χ0n) is 10.5. The summed E-state index contributed by atoms with van der Waals surface area (Å²) in [5, 5.41) is 2.83. The van der Waals surface area contributed by atoms with E-state index in [1.54, 1.807) is 0 Å². The molecule has 0 spiro atoms. The molecule has 0 radical (unpaired) electrons. The molecule has 0 bridgehead atoms. The van der Waals surface area contributed by atoms with Gasteiger partial charge in [-0.25, -0.2) is 0 Å². The van der Waals surface area contributed by atoms with E-state index in [2.05, 4.69) is 35.1 Å². The predicted molar refractivity (Wildman–Crippen MR) is 74.9 cm³/mol. The molecule has 1 amide bonds. The molecule has 0 fully saturated rings. The summed E-state index contributed by atoms with van der Waals surface area (Å²) in [4.78, 5) is 11.8. The number of rotatable bonds is 4. The van der Waals surface area contributed by atoms with Gasteiger partial charge in [0.2, 0.25) is 5.91 Å². The van der Waals surface area contributed by atoms with Crippen molar-refractivity contribution in [2.45, 2.75) is 33.2 Å². The lowest BCUT2D eigenvalue weighted by Gasteiger charge is -2.14. The molecule has 0 unspecified atom stereocenters. The number of benzene rings is 1. The molecule has 1 rings (SSSR count). The van der Waals surface area contributed by atoms with E-state index in [9.17, 15) is 4.79 Å². The molecule has 0 aliphatic rings. The van der Waals surface area contributed by atoms with Crippen molar-refractivity contribution in [2.24, 2.45) is 11.7 Å². The maximum atomic E-state index is 11.8. The summed E-state index contributed by atoms with van der Waals surface area (Å²) in [6, 6.07) is 5.33. The number of hydrogen-bond acceptors (Lipinski definition) is 2. The maximum Gasteiger partial charge on any atom is 0.241 e. The average molecular weight is 299 g/mol. The van der Waals surface area contributed by atoms with E-state index >= 15 is 0 Å². The zero-order chi connectivity index (χ0) is 13.0. The lowest BCUT2D eigenvalue weighted by atomic mass is 10.0. The van der Waals surface area contributed by atoms with E-state index in [1.807, 2.05) is 25.1 Å². The smallest absolute Gasteiger partial charge is 0.241 e. The predicted octanol–water partition coefficient (Wildman–Crippen LogP) is 3.07. The highest BCUT2D eigenvalue weighted by Crippen LogP contribution is 2.19. The second-order valence-electron chi connectivity index (χ2n) is 4.74. The van der Waals surface area contributed by atoms with Gasteiger partial charge in [0.1, 0.15) is 0 Å². The molecular formula is C13H19BrN2O. The number of carbonyl (C=O) groups is 1. The molecule has 1 aromatic carbocycles. The van der Waals surface area contributed by atoms with E-state index in [0.717, 1.165) is 15.7 Å². The van der Waals surface area contributed by atoms with Crippen LogP contribution < -0.4 is 11.1 Å². The van der Waals surface area contributed by atoms with Crippen LogP contribution in [0.25, 0.3) is 0 Å². The van der Waals surface area contributed by atoms with Crippen molar-refractivity contribution in [2.75, 3.05) is 5.32 Å². The van der Waals surface area contributed by atoms with Crippen LogP contribution in [0.3, 0.4) is 0 Å². The van der Waals surface area contributed by atoms with E-state index in [1.165, 1.54) is 0 Å². The highest BCUT2D eigenvalue weighted by molar-refractivity contribution is 9.10. The van der Waals surface area contributed by atoms with Gasteiger partial charge in [-0.1, -0.05) is 29.8 Å². The first-order valence-electron chi connectivity index (χ1n) is 5.72. The first-order valence-corrected chi connectivity index (χ1v) is 6.51. The Hall–Kier alpha value is -0.870. The van der Waals surface area contributed by atoms with Crippen molar-refractivity contribution in [3.63, 3.8) is 0 Å². The minimum Gasteiger partial charge on any atom is -0.325 e. The lowest BCUT2D eigenvalue weighted by Crippen LogP contribution is -2.36. The number of hydrogen-bond donors (Lipinski definition) is 2. The molecule has 1 atom stereocenters. The maximum absolute atomic E-state index is 11.8. The van der Waals surface area contributed by atoms with E-state index < -0.39 is 6.04 Å². The molecule has 94 valence electrons. The Balaban J connectivity index is 2.67. The third-order valence-corrected chi connectivity index (χ3v) is 2.83. The molecule has 0 aliphatic heterocycles. The number of carbonyl (C=O) groups excluding carboxylic acids is 1. The summed E-state index contributed by atoms with van der Waals surface area (Å²) in [6.45, 7) is 6.08. The standard InChI is InChI=1S/C13H19BrN2O/c1-8(2)4-12(15)13(17)16-11-6-9(3)5-10(14)7-11/h5-8,12H,4,15H2,1-3H3,(H,16,17)/t12-/m0/s1. The molecule has 0 heterocycles. The average Bonchev–Trinajstić information content (AvgIpc) is 2.14. The van der Waals surface area contributed by atoms with Gasteiger partial charge in [0.25, 0.3) is 0 Å². The van der Waals surface area contributed by atoms with Crippen molar-refractivity contribution in [1.29, 1.82) is 0 Å². The van der Waals surface area contributed by atoms with E-state index in [4.69, 9.17) is 5.73 Å². The SMILES string of the molecule is Cc1cc(Br)cc(NC(=O)[C@@H](N)CC(C)C)c1. The minimum atomic E-state index is -0.450. The highest BCUT2D eigenvalue weighted by Gasteiger charge is 2.15. The normalized spacial score (nSPS) is 12.6. The number of amides is 1. The molecule has 3 N–H and O–H groups in total. The van der Waals surface area contributed by atoms with Gasteiger partial charge in [-0.2, -0.15) is 0 Å². The molecular weight excluding hydrogens is 280 g/mol. The second kappa shape index (κ2) is 6.17. The number of halogens is 1. The summed E-state index contributed by atoms with van der Waals surface area (Å²) in [5.41, 5.74) is 7.69. The number of anilines is 1. The summed E-state index contributed by atoms with van der Waals surface area (Å²) >= 11 is 3.40. The molecule has 0 saturated carbocycles. The Morgan fingerprint density at radius 2 is 2.06 bits per heavy atom. The third kappa shape index (κ3) is 4.88. The zero-order valence-corrected chi connectivity index (χ0v) is 12.0. The van der Waals surface area contributed by atoms with Gasteiger partial charge in [0, 0.05) is 10.2 Å². The topological polar surface area (TPSA) is 55.1 Å². The molecule has 1 aromatic rings. The first-order chi connectivity index (χ1) is 7.88. The minimum absolute atomic E-state index is 0.129. The number of nitrogens with two attached hydrogens (primary N) is 1. The van der Waals surface area contributed by atoms with Crippen LogP contribution in [0.15, 0.2) is 22.7 Å². The summed E-state index contributed by atoms with van der Waals surface area (Å²) in [6.07, 6.45) is 0.693. The van der Waals surface area contributed by atoms with Crippen LogP contribution in [-0.2, 0) is 4.79 Å². The monoisotopic (exact) mass is 298 g/mol. The van der Waals surface area contributed by atoms with Gasteiger partial charge < -0.3 is 11.1 Å². The van der Waals surface area contributed by atoms with Crippen molar-refractivity contribution in [1.82, 2.24) is 0 Å². The largest absolute Gasteiger partial charge is 0.325 e. The van der Waals surface area contributed by atoms with Crippen LogP contribution in [0.2, 0.25) is 0 Å². The molecule has 0 aromatic heterocycles. The van der Waals surface area contributed by atoms with Crippen molar-refractivity contribution < 1.29 is 4.79 Å². The van der Waals surface area contributed by atoms with Crippen molar-refractivity contribution in [3.8, 4) is 0 Å². The fraction of sp³-hybridized carbons (Fsp3) is 0.462. The summed E-state index contributed by atoms with van der Waals surface area (Å²) in [5.74, 6) is 0.288. The molecule has 0 saturated heterocycles. The number of aryl methyl sites for hydroxylation is 1. The molecule has 0 aliphatic carbocycles. The van der Waals surface area contributed by atoms with Gasteiger partial charge in [0.15, 0.2) is 0 Å². The van der Waals surface area contributed by atoms with Crippen molar-refractivity contribution >= 4 is 27.5 Å². The Morgan fingerprint density at radius 3 is 2.59 bits per heavy atom. The molecule has 4 heteroatoms. The van der Waals surface area contributed by atoms with E-state index in [-0.39, 0.29) is 5.91 Å². The van der Waals surface area contributed by atoms with E-state index in [0.29, 0.717) is 12.3 Å². The van der Waals surface area contributed by atoms with Crippen LogP contribution in [0.5, 0.6) is 0 Å². The van der Waals surface area contributed by atoms with Gasteiger partial charge in [-0.3, -0.25) is 4.79 Å². The summed E-state index contributed by atoms with van der Waals surface area (Å²) < 4.78 is 0.949. The summed E-state index contributed by atoms with van der Waals surface area (Å²) in [7, 11) is 0. The second-order valence-corrected chi connectivity index (χ2v) is 5.66. The van der Waals surface area contributed by atoms with Gasteiger partial charge in [0.05, 0.1) is 6.04 Å². The molecule has 17 heavy (non-hydrogen) atoms. The van der Waals surface area contributed by atoms with Crippen LogP contribution in [0.4, 0.5) is 5.69 Å². The third-order valence-electron chi connectivity index (χ3n) is 2.37. The van der Waals surface area contributed by atoms with Crippen LogP contribution in [0.1, 0.15) is 25.8 Å². The quantitative estimate of drug-likeness (QED) is 0.897. The Labute approximate surface area is 111 Å². The van der Waals surface area contributed by atoms with Gasteiger partial charge in [-0.15, -0.1) is 0 Å². The Bertz CT molecular complexity index is 384. The molecule has 3 nitrogen and oxygen atoms in total. The Kier molecular flexibility index (Phi) is 5.15. The lowest BCUT2D eigenvalue weighted by molar-refractivity contribution is -0.117. The van der Waals surface area contributed by atoms with Crippen LogP contribution in [-0.4, -0.2) is 11.9 Å². The Morgan fingerprint density at radius 1 is 1.41 bits per heavy atom. The first kappa shape index (κ1) is 14.2.